The smallest absolute Gasteiger partial charge is 0.0693 e. The van der Waals surface area contributed by atoms with Crippen LogP contribution in [0.25, 0.3) is 6.08 Å². The summed E-state index contributed by atoms with van der Waals surface area (Å²) in [6.07, 6.45) is 3.47. The summed E-state index contributed by atoms with van der Waals surface area (Å²) < 4.78 is 0.899. The average Bonchev–Trinajstić information content (AvgIpc) is 2.16. The highest BCUT2D eigenvalue weighted by Gasteiger charge is 1.97. The van der Waals surface area contributed by atoms with Gasteiger partial charge in [-0.05, 0) is 23.3 Å². The zero-order chi connectivity index (χ0) is 9.68. The molecule has 0 aliphatic heterocycles. The molecule has 1 aromatic carbocycles. The molecule has 0 aliphatic rings. The molecule has 0 saturated heterocycles. The van der Waals surface area contributed by atoms with Gasteiger partial charge in [-0.25, -0.2) is 0 Å². The van der Waals surface area contributed by atoms with Crippen molar-refractivity contribution in [2.75, 3.05) is 6.61 Å². The molecule has 3 heteroatoms. The summed E-state index contributed by atoms with van der Waals surface area (Å²) in [7, 11) is 0. The largest absolute Gasteiger partial charge is 0.392 e. The lowest BCUT2D eigenvalue weighted by Gasteiger charge is -2.01. The summed E-state index contributed by atoms with van der Waals surface area (Å²) in [6.45, 7) is 0.0475. The van der Waals surface area contributed by atoms with Crippen molar-refractivity contribution >= 4 is 22.0 Å². The Hall–Kier alpha value is -0.640. The molecule has 0 aliphatic carbocycles. The van der Waals surface area contributed by atoms with E-state index in [2.05, 4.69) is 15.9 Å². The lowest BCUT2D eigenvalue weighted by atomic mass is 10.1. The van der Waals surface area contributed by atoms with Crippen molar-refractivity contribution in [3.63, 3.8) is 0 Å². The first-order valence-corrected chi connectivity index (χ1v) is 4.74. The van der Waals surface area contributed by atoms with Crippen molar-refractivity contribution in [1.29, 1.82) is 0 Å². The van der Waals surface area contributed by atoms with Gasteiger partial charge < -0.3 is 10.2 Å². The number of aliphatic hydroxyl groups is 2. The molecule has 1 aromatic rings. The van der Waals surface area contributed by atoms with Crippen molar-refractivity contribution in [1.82, 2.24) is 0 Å². The van der Waals surface area contributed by atoms with Crippen molar-refractivity contribution in [2.45, 2.75) is 6.61 Å². The Kier molecular flexibility index (Phi) is 4.15. The van der Waals surface area contributed by atoms with Gasteiger partial charge in [0.25, 0.3) is 0 Å². The van der Waals surface area contributed by atoms with Crippen LogP contribution in [0.3, 0.4) is 0 Å². The summed E-state index contributed by atoms with van der Waals surface area (Å²) in [5.41, 5.74) is 1.82. The number of rotatable bonds is 3. The van der Waals surface area contributed by atoms with Crippen LogP contribution in [0.5, 0.6) is 0 Å². The number of aliphatic hydroxyl groups excluding tert-OH is 2. The standard InChI is InChI=1S/C10H11BrO2/c11-10-4-3-8(2-1-5-12)6-9(10)7-13/h1-4,6,12-13H,5,7H2. The fourth-order valence-corrected chi connectivity index (χ4v) is 1.38. The van der Waals surface area contributed by atoms with Crippen LogP contribution in [0.4, 0.5) is 0 Å². The van der Waals surface area contributed by atoms with Crippen molar-refractivity contribution in [3.8, 4) is 0 Å². The first-order valence-electron chi connectivity index (χ1n) is 3.94. The highest BCUT2D eigenvalue weighted by atomic mass is 79.9. The molecule has 0 atom stereocenters. The Balaban J connectivity index is 2.92. The third-order valence-corrected chi connectivity index (χ3v) is 2.43. The second kappa shape index (κ2) is 5.17. The molecule has 2 N–H and O–H groups in total. The summed E-state index contributed by atoms with van der Waals surface area (Å²) >= 11 is 3.33. The van der Waals surface area contributed by atoms with Gasteiger partial charge in [0.2, 0.25) is 0 Å². The number of benzene rings is 1. The van der Waals surface area contributed by atoms with E-state index >= 15 is 0 Å². The number of hydrogen-bond donors (Lipinski definition) is 2. The first-order chi connectivity index (χ1) is 6.27. The fraction of sp³-hybridized carbons (Fsp3) is 0.200. The van der Waals surface area contributed by atoms with Gasteiger partial charge in [-0.2, -0.15) is 0 Å². The molecule has 0 saturated carbocycles. The van der Waals surface area contributed by atoms with E-state index in [1.165, 1.54) is 0 Å². The lowest BCUT2D eigenvalue weighted by molar-refractivity contribution is 0.281. The molecule has 70 valence electrons. The van der Waals surface area contributed by atoms with Crippen molar-refractivity contribution in [2.24, 2.45) is 0 Å². The van der Waals surface area contributed by atoms with Gasteiger partial charge in [0, 0.05) is 4.47 Å². The third-order valence-electron chi connectivity index (χ3n) is 1.66. The Morgan fingerprint density at radius 3 is 2.69 bits per heavy atom. The minimum atomic E-state index is 0.0153. The topological polar surface area (TPSA) is 40.5 Å². The maximum absolute atomic E-state index is 8.96. The van der Waals surface area contributed by atoms with E-state index in [1.54, 1.807) is 6.08 Å². The van der Waals surface area contributed by atoms with Gasteiger partial charge in [0.15, 0.2) is 0 Å². The van der Waals surface area contributed by atoms with Crippen LogP contribution in [0.15, 0.2) is 28.7 Å². The summed E-state index contributed by atoms with van der Waals surface area (Å²) in [5, 5.41) is 17.5. The third kappa shape index (κ3) is 2.95. The predicted octanol–water partition coefficient (Wildman–Crippen LogP) is 1.95. The van der Waals surface area contributed by atoms with Crippen LogP contribution in [0.2, 0.25) is 0 Å². The van der Waals surface area contributed by atoms with Gasteiger partial charge in [0.05, 0.1) is 13.2 Å². The first kappa shape index (κ1) is 10.4. The van der Waals surface area contributed by atoms with E-state index in [4.69, 9.17) is 10.2 Å². The second-order valence-electron chi connectivity index (χ2n) is 2.59. The second-order valence-corrected chi connectivity index (χ2v) is 3.45. The lowest BCUT2D eigenvalue weighted by Crippen LogP contribution is -1.86. The maximum atomic E-state index is 8.96. The van der Waals surface area contributed by atoms with Crippen LogP contribution in [-0.4, -0.2) is 16.8 Å². The van der Waals surface area contributed by atoms with E-state index in [1.807, 2.05) is 24.3 Å². The van der Waals surface area contributed by atoms with Gasteiger partial charge in [0.1, 0.15) is 0 Å². The molecule has 0 unspecified atom stereocenters. The van der Waals surface area contributed by atoms with E-state index in [-0.39, 0.29) is 13.2 Å². The zero-order valence-electron chi connectivity index (χ0n) is 7.07. The van der Waals surface area contributed by atoms with Gasteiger partial charge in [-0.3, -0.25) is 0 Å². The van der Waals surface area contributed by atoms with Gasteiger partial charge in [-0.15, -0.1) is 0 Å². The van der Waals surface area contributed by atoms with E-state index in [0.29, 0.717) is 0 Å². The zero-order valence-corrected chi connectivity index (χ0v) is 8.66. The van der Waals surface area contributed by atoms with E-state index in [9.17, 15) is 0 Å². The SMILES string of the molecule is OCC=Cc1ccc(Br)c(CO)c1. The highest BCUT2D eigenvalue weighted by Crippen LogP contribution is 2.18. The Morgan fingerprint density at radius 1 is 1.31 bits per heavy atom. The van der Waals surface area contributed by atoms with Gasteiger partial charge in [-0.1, -0.05) is 34.1 Å². The average molecular weight is 243 g/mol. The molecule has 1 rings (SSSR count). The highest BCUT2D eigenvalue weighted by molar-refractivity contribution is 9.10. The molecule has 0 radical (unpaired) electrons. The minimum absolute atomic E-state index is 0.0153. The Bertz CT molecular complexity index is 308. The Morgan fingerprint density at radius 2 is 2.08 bits per heavy atom. The molecular formula is C10H11BrO2. The Labute approximate surface area is 85.7 Å². The molecule has 0 spiro atoms. The molecule has 13 heavy (non-hydrogen) atoms. The fourth-order valence-electron chi connectivity index (χ4n) is 1.01. The van der Waals surface area contributed by atoms with Crippen molar-refractivity contribution in [3.05, 3.63) is 39.9 Å². The maximum Gasteiger partial charge on any atom is 0.0693 e. The monoisotopic (exact) mass is 242 g/mol. The summed E-state index contributed by atoms with van der Waals surface area (Å²) in [4.78, 5) is 0. The van der Waals surface area contributed by atoms with Crippen LogP contribution < -0.4 is 0 Å². The van der Waals surface area contributed by atoms with Crippen LogP contribution in [0.1, 0.15) is 11.1 Å². The van der Waals surface area contributed by atoms with Gasteiger partial charge >= 0.3 is 0 Å². The molecule has 0 bridgehead atoms. The van der Waals surface area contributed by atoms with E-state index < -0.39 is 0 Å². The van der Waals surface area contributed by atoms with E-state index in [0.717, 1.165) is 15.6 Å². The number of hydrogen-bond acceptors (Lipinski definition) is 2. The normalized spacial score (nSPS) is 11.0. The molecule has 2 nitrogen and oxygen atoms in total. The van der Waals surface area contributed by atoms with Crippen LogP contribution in [-0.2, 0) is 6.61 Å². The molecule has 0 aromatic heterocycles. The van der Waals surface area contributed by atoms with Crippen LogP contribution in [0, 0.1) is 0 Å². The van der Waals surface area contributed by atoms with Crippen molar-refractivity contribution < 1.29 is 10.2 Å². The molecule has 0 heterocycles. The molecule has 0 amide bonds. The van der Waals surface area contributed by atoms with Crippen LogP contribution >= 0.6 is 15.9 Å². The minimum Gasteiger partial charge on any atom is -0.392 e. The quantitative estimate of drug-likeness (QED) is 0.851. The summed E-state index contributed by atoms with van der Waals surface area (Å²) in [6, 6.07) is 5.66. The molecule has 0 fully saturated rings. The molecular weight excluding hydrogens is 232 g/mol. The predicted molar refractivity (Wildman–Crippen MR) is 56.2 cm³/mol. The summed E-state index contributed by atoms with van der Waals surface area (Å²) in [5.74, 6) is 0. The number of halogens is 1.